The molecule has 0 spiro atoms. The Morgan fingerprint density at radius 1 is 0.966 bits per heavy atom. The van der Waals surface area contributed by atoms with Crippen molar-refractivity contribution in [3.8, 4) is 0 Å². The van der Waals surface area contributed by atoms with Gasteiger partial charge in [0.25, 0.3) is 0 Å². The van der Waals surface area contributed by atoms with E-state index in [1.54, 1.807) is 30.3 Å². The van der Waals surface area contributed by atoms with E-state index in [1.165, 1.54) is 22.5 Å². The largest absolute Gasteiger partial charge is 0.344 e. The van der Waals surface area contributed by atoms with Crippen LogP contribution >= 0.6 is 11.6 Å². The lowest BCUT2D eigenvalue weighted by Crippen LogP contribution is -2.35. The van der Waals surface area contributed by atoms with Crippen molar-refractivity contribution in [1.82, 2.24) is 9.62 Å². The fourth-order valence-corrected chi connectivity index (χ4v) is 4.76. The molecular formula is C20H22ClN3O4S. The molecule has 1 heterocycles. The van der Waals surface area contributed by atoms with Gasteiger partial charge in [-0.15, -0.1) is 0 Å². The van der Waals surface area contributed by atoms with E-state index in [2.05, 4.69) is 10.6 Å². The zero-order valence-corrected chi connectivity index (χ0v) is 17.3. The summed E-state index contributed by atoms with van der Waals surface area (Å²) < 4.78 is 26.8. The Morgan fingerprint density at radius 3 is 2.31 bits per heavy atom. The molecular weight excluding hydrogens is 414 g/mol. The summed E-state index contributed by atoms with van der Waals surface area (Å²) in [5.41, 5.74) is 1.11. The van der Waals surface area contributed by atoms with Crippen LogP contribution in [-0.2, 0) is 26.2 Å². The van der Waals surface area contributed by atoms with Crippen LogP contribution in [0.3, 0.4) is 0 Å². The van der Waals surface area contributed by atoms with Crippen molar-refractivity contribution in [3.05, 3.63) is 59.1 Å². The van der Waals surface area contributed by atoms with Crippen LogP contribution in [0.5, 0.6) is 0 Å². The number of nitrogens with one attached hydrogen (secondary N) is 2. The molecule has 0 aromatic heterocycles. The second-order valence-electron chi connectivity index (χ2n) is 6.76. The van der Waals surface area contributed by atoms with E-state index in [4.69, 9.17) is 11.6 Å². The number of halogens is 1. The Bertz CT molecular complexity index is 987. The van der Waals surface area contributed by atoms with Gasteiger partial charge in [-0.05, 0) is 48.7 Å². The summed E-state index contributed by atoms with van der Waals surface area (Å²) in [6, 6.07) is 12.8. The lowest BCUT2D eigenvalue weighted by molar-refractivity contribution is -0.136. The molecule has 7 nitrogen and oxygen atoms in total. The molecule has 0 bridgehead atoms. The molecule has 1 fully saturated rings. The Morgan fingerprint density at radius 2 is 1.66 bits per heavy atom. The lowest BCUT2D eigenvalue weighted by Gasteiger charge is -2.25. The summed E-state index contributed by atoms with van der Waals surface area (Å²) in [4.78, 5) is 24.2. The van der Waals surface area contributed by atoms with E-state index < -0.39 is 21.8 Å². The maximum Gasteiger partial charge on any atom is 0.313 e. The average molecular weight is 436 g/mol. The quantitative estimate of drug-likeness (QED) is 0.706. The minimum atomic E-state index is -3.49. The number of hydrogen-bond donors (Lipinski definition) is 2. The molecule has 1 aliphatic rings. The van der Waals surface area contributed by atoms with Crippen LogP contribution < -0.4 is 10.6 Å². The molecule has 1 saturated heterocycles. The van der Waals surface area contributed by atoms with Crippen molar-refractivity contribution in [2.75, 3.05) is 18.4 Å². The predicted octanol–water partition coefficient (Wildman–Crippen LogP) is 2.77. The van der Waals surface area contributed by atoms with Gasteiger partial charge < -0.3 is 10.6 Å². The molecule has 2 amide bonds. The Hall–Kier alpha value is -2.42. The number of piperidine rings is 1. The SMILES string of the molecule is O=C(NCc1ccc(S(=O)(=O)N2CCCCC2)cc1)C(=O)Nc1cccc(Cl)c1. The van der Waals surface area contributed by atoms with Gasteiger partial charge in [-0.3, -0.25) is 9.59 Å². The van der Waals surface area contributed by atoms with Crippen molar-refractivity contribution in [1.29, 1.82) is 0 Å². The van der Waals surface area contributed by atoms with Gasteiger partial charge in [0.2, 0.25) is 10.0 Å². The first kappa shape index (κ1) is 21.3. The second-order valence-corrected chi connectivity index (χ2v) is 9.13. The number of rotatable bonds is 5. The third-order valence-corrected chi connectivity index (χ3v) is 6.77. The van der Waals surface area contributed by atoms with Crippen molar-refractivity contribution in [3.63, 3.8) is 0 Å². The van der Waals surface area contributed by atoms with Crippen molar-refractivity contribution < 1.29 is 18.0 Å². The average Bonchev–Trinajstić information content (AvgIpc) is 2.73. The fraction of sp³-hybridized carbons (Fsp3) is 0.300. The minimum absolute atomic E-state index is 0.103. The van der Waals surface area contributed by atoms with Crippen LogP contribution in [0.1, 0.15) is 24.8 Å². The highest BCUT2D eigenvalue weighted by atomic mass is 35.5. The molecule has 3 rings (SSSR count). The van der Waals surface area contributed by atoms with Gasteiger partial charge in [0.1, 0.15) is 0 Å². The third-order valence-electron chi connectivity index (χ3n) is 4.62. The van der Waals surface area contributed by atoms with Gasteiger partial charge in [0, 0.05) is 30.3 Å². The van der Waals surface area contributed by atoms with E-state index in [0.29, 0.717) is 29.4 Å². The normalized spacial score (nSPS) is 14.9. The highest BCUT2D eigenvalue weighted by molar-refractivity contribution is 7.89. The molecule has 2 aromatic rings. The molecule has 1 aliphatic heterocycles. The summed E-state index contributed by atoms with van der Waals surface area (Å²) in [5, 5.41) is 5.42. The molecule has 0 atom stereocenters. The minimum Gasteiger partial charge on any atom is -0.344 e. The van der Waals surface area contributed by atoms with E-state index in [1.807, 2.05) is 0 Å². The topological polar surface area (TPSA) is 95.6 Å². The van der Waals surface area contributed by atoms with Crippen LogP contribution in [0, 0.1) is 0 Å². The molecule has 9 heteroatoms. The number of hydrogen-bond acceptors (Lipinski definition) is 4. The number of sulfonamides is 1. The summed E-state index contributed by atoms with van der Waals surface area (Å²) in [6.07, 6.45) is 2.80. The molecule has 0 aliphatic carbocycles. The van der Waals surface area contributed by atoms with Crippen LogP contribution in [-0.4, -0.2) is 37.6 Å². The van der Waals surface area contributed by atoms with Crippen molar-refractivity contribution in [2.24, 2.45) is 0 Å². The number of carbonyl (C=O) groups excluding carboxylic acids is 2. The van der Waals surface area contributed by atoms with E-state index in [9.17, 15) is 18.0 Å². The first-order valence-electron chi connectivity index (χ1n) is 9.30. The number of anilines is 1. The molecule has 2 N–H and O–H groups in total. The fourth-order valence-electron chi connectivity index (χ4n) is 3.05. The van der Waals surface area contributed by atoms with Gasteiger partial charge in [-0.25, -0.2) is 8.42 Å². The van der Waals surface area contributed by atoms with Gasteiger partial charge in [-0.2, -0.15) is 4.31 Å². The summed E-state index contributed by atoms with van der Waals surface area (Å²) in [6.45, 7) is 1.19. The van der Waals surface area contributed by atoms with Gasteiger partial charge in [-0.1, -0.05) is 36.2 Å². The highest BCUT2D eigenvalue weighted by Crippen LogP contribution is 2.21. The summed E-state index contributed by atoms with van der Waals surface area (Å²) in [5.74, 6) is -1.61. The van der Waals surface area contributed by atoms with E-state index in [-0.39, 0.29) is 11.4 Å². The zero-order valence-electron chi connectivity index (χ0n) is 15.7. The number of amides is 2. The molecule has 29 heavy (non-hydrogen) atoms. The zero-order chi connectivity index (χ0) is 20.9. The van der Waals surface area contributed by atoms with E-state index in [0.717, 1.165) is 19.3 Å². The van der Waals surface area contributed by atoms with Crippen molar-refractivity contribution >= 4 is 39.1 Å². The van der Waals surface area contributed by atoms with Gasteiger partial charge in [0.05, 0.1) is 4.90 Å². The smallest absolute Gasteiger partial charge is 0.313 e. The predicted molar refractivity (Wildman–Crippen MR) is 111 cm³/mol. The number of nitrogens with zero attached hydrogens (tertiary/aromatic N) is 1. The molecule has 2 aromatic carbocycles. The highest BCUT2D eigenvalue weighted by Gasteiger charge is 2.25. The molecule has 154 valence electrons. The first-order chi connectivity index (χ1) is 13.9. The van der Waals surface area contributed by atoms with Gasteiger partial charge >= 0.3 is 11.8 Å². The standard InChI is InChI=1S/C20H22ClN3O4S/c21-16-5-4-6-17(13-16)23-20(26)19(25)22-14-15-7-9-18(10-8-15)29(27,28)24-11-2-1-3-12-24/h4-10,13H,1-3,11-12,14H2,(H,22,25)(H,23,26). The first-order valence-corrected chi connectivity index (χ1v) is 11.1. The monoisotopic (exact) mass is 435 g/mol. The van der Waals surface area contributed by atoms with Crippen molar-refractivity contribution in [2.45, 2.75) is 30.7 Å². The van der Waals surface area contributed by atoms with Crippen LogP contribution in [0.2, 0.25) is 5.02 Å². The lowest BCUT2D eigenvalue weighted by atomic mass is 10.2. The number of benzene rings is 2. The Balaban J connectivity index is 1.55. The third kappa shape index (κ3) is 5.56. The second kappa shape index (κ2) is 9.39. The number of carbonyl (C=O) groups is 2. The Kier molecular flexibility index (Phi) is 6.89. The Labute approximate surface area is 175 Å². The summed E-state index contributed by atoms with van der Waals surface area (Å²) >= 11 is 5.85. The van der Waals surface area contributed by atoms with Gasteiger partial charge in [0.15, 0.2) is 0 Å². The molecule has 0 radical (unpaired) electrons. The summed E-state index contributed by atoms with van der Waals surface area (Å²) in [7, 11) is -3.49. The molecule has 0 unspecified atom stereocenters. The van der Waals surface area contributed by atoms with Crippen LogP contribution in [0.25, 0.3) is 0 Å². The van der Waals surface area contributed by atoms with Crippen LogP contribution in [0.4, 0.5) is 5.69 Å². The van der Waals surface area contributed by atoms with E-state index >= 15 is 0 Å². The maximum atomic E-state index is 12.6. The molecule has 0 saturated carbocycles. The van der Waals surface area contributed by atoms with Crippen LogP contribution in [0.15, 0.2) is 53.4 Å². The maximum absolute atomic E-state index is 12.6.